The largest absolute Gasteiger partial charge is 0.391 e. The molecule has 25 heavy (non-hydrogen) atoms. The predicted octanol–water partition coefficient (Wildman–Crippen LogP) is 5.35. The number of hydrogen-bond donors (Lipinski definition) is 0. The molecule has 0 bridgehead atoms. The van der Waals surface area contributed by atoms with Gasteiger partial charge in [0.1, 0.15) is 0 Å². The monoisotopic (exact) mass is 388 g/mol. The third-order valence-corrected chi connectivity index (χ3v) is 13.0. The van der Waals surface area contributed by atoms with E-state index >= 15 is 0 Å². The van der Waals surface area contributed by atoms with E-state index in [0.717, 1.165) is 32.1 Å². The van der Waals surface area contributed by atoms with Crippen LogP contribution in [-0.2, 0) is 17.7 Å². The molecule has 6 heteroatoms. The Labute approximate surface area is 158 Å². The smallest absolute Gasteiger partial charge is 0.369 e. The highest BCUT2D eigenvalue weighted by atomic mass is 28.4. The third kappa shape index (κ3) is 7.11. The molecule has 0 aromatic rings. The van der Waals surface area contributed by atoms with Crippen LogP contribution >= 0.6 is 0 Å². The fourth-order valence-electron chi connectivity index (χ4n) is 2.90. The topological polar surface area (TPSA) is 36.9 Å². The first-order chi connectivity index (χ1) is 12.1. The van der Waals surface area contributed by atoms with Crippen LogP contribution in [0.15, 0.2) is 24.6 Å². The first-order valence-corrected chi connectivity index (χ1v) is 13.8. The highest BCUT2D eigenvalue weighted by Gasteiger charge is 2.57. The second-order valence-electron chi connectivity index (χ2n) is 6.21. The molecule has 0 saturated carbocycles. The van der Waals surface area contributed by atoms with Gasteiger partial charge in [0, 0.05) is 26.4 Å². The maximum absolute atomic E-state index is 6.38. The van der Waals surface area contributed by atoms with Gasteiger partial charge in [0.25, 0.3) is 0 Å². The van der Waals surface area contributed by atoms with Gasteiger partial charge in [-0.25, -0.2) is 0 Å². The molecular weight excluding hydrogens is 348 g/mol. The van der Waals surface area contributed by atoms with Crippen LogP contribution < -0.4 is 0 Å². The summed E-state index contributed by atoms with van der Waals surface area (Å²) in [6.45, 7) is 21.5. The van der Waals surface area contributed by atoms with E-state index in [-0.39, 0.29) is 5.16 Å². The molecule has 0 unspecified atom stereocenters. The van der Waals surface area contributed by atoms with E-state index in [1.807, 2.05) is 11.4 Å². The summed E-state index contributed by atoms with van der Waals surface area (Å²) in [5.74, 6) is 0. The fourth-order valence-corrected chi connectivity index (χ4v) is 12.1. The van der Waals surface area contributed by atoms with E-state index in [1.54, 1.807) is 0 Å². The molecule has 0 radical (unpaired) electrons. The van der Waals surface area contributed by atoms with E-state index < -0.39 is 17.1 Å². The summed E-state index contributed by atoms with van der Waals surface area (Å²) >= 11 is 0. The molecule has 148 valence electrons. The summed E-state index contributed by atoms with van der Waals surface area (Å²) in [5.41, 5.74) is 3.87. The quantitative estimate of drug-likeness (QED) is 0.315. The molecule has 0 aromatic heterocycles. The van der Waals surface area contributed by atoms with E-state index in [9.17, 15) is 0 Å². The van der Waals surface area contributed by atoms with Gasteiger partial charge in [-0.05, 0) is 43.5 Å². The van der Waals surface area contributed by atoms with Gasteiger partial charge in [-0.3, -0.25) is 0 Å². The summed E-state index contributed by atoms with van der Waals surface area (Å²) in [7, 11) is -5.39. The molecule has 0 saturated heterocycles. The molecular formula is C19H40O4Si2. The van der Waals surface area contributed by atoms with Crippen molar-refractivity contribution in [3.8, 4) is 0 Å². The molecule has 0 N–H and O–H groups in total. The molecule has 0 heterocycles. The van der Waals surface area contributed by atoms with Crippen LogP contribution in [0.5, 0.6) is 0 Å². The van der Waals surface area contributed by atoms with E-state index in [1.165, 1.54) is 0 Å². The Balaban J connectivity index is 5.91. The van der Waals surface area contributed by atoms with Gasteiger partial charge < -0.3 is 17.7 Å². The van der Waals surface area contributed by atoms with Gasteiger partial charge >= 0.3 is 17.1 Å². The lowest BCUT2D eigenvalue weighted by Crippen LogP contribution is -2.59. The van der Waals surface area contributed by atoms with Gasteiger partial charge in [-0.15, -0.1) is 13.2 Å². The number of hydrogen-bond acceptors (Lipinski definition) is 4. The molecule has 0 aromatic carbocycles. The van der Waals surface area contributed by atoms with Crippen LogP contribution in [0.3, 0.4) is 0 Å². The summed E-state index contributed by atoms with van der Waals surface area (Å²) in [6, 6.07) is 0. The van der Waals surface area contributed by atoms with E-state index in [0.29, 0.717) is 26.4 Å². The third-order valence-electron chi connectivity index (χ3n) is 4.08. The van der Waals surface area contributed by atoms with Gasteiger partial charge in [0.05, 0.1) is 5.16 Å². The lowest BCUT2D eigenvalue weighted by atomic mass is 10.5. The average molecular weight is 389 g/mol. The molecule has 0 spiro atoms. The van der Waals surface area contributed by atoms with Crippen LogP contribution in [-0.4, -0.2) is 43.5 Å². The Hall–Kier alpha value is -0.246. The van der Waals surface area contributed by atoms with Crippen molar-refractivity contribution < 1.29 is 17.7 Å². The summed E-state index contributed by atoms with van der Waals surface area (Å²) in [4.78, 5) is 0. The lowest BCUT2D eigenvalue weighted by Gasteiger charge is -2.42. The normalized spacial score (nSPS) is 12.6. The maximum Gasteiger partial charge on any atom is 0.369 e. The zero-order valence-corrected chi connectivity index (χ0v) is 19.1. The van der Waals surface area contributed by atoms with E-state index in [2.05, 4.69) is 47.8 Å². The van der Waals surface area contributed by atoms with Crippen LogP contribution in [0.2, 0.25) is 5.16 Å². The molecule has 4 nitrogen and oxygen atoms in total. The first kappa shape index (κ1) is 24.8. The number of rotatable bonds is 17. The van der Waals surface area contributed by atoms with Crippen molar-refractivity contribution in [1.29, 1.82) is 0 Å². The Morgan fingerprint density at radius 3 is 1.08 bits per heavy atom. The molecule has 0 fully saturated rings. The molecule has 0 aliphatic carbocycles. The second kappa shape index (κ2) is 13.9. The second-order valence-corrected chi connectivity index (χ2v) is 13.0. The predicted molar refractivity (Wildman–Crippen MR) is 111 cm³/mol. The van der Waals surface area contributed by atoms with Crippen LogP contribution in [0, 0.1) is 0 Å². The fraction of sp³-hybridized carbons (Fsp3) is 0.789. The van der Waals surface area contributed by atoms with Crippen molar-refractivity contribution >= 4 is 17.1 Å². The minimum Gasteiger partial charge on any atom is -0.391 e. The first-order valence-electron chi connectivity index (χ1n) is 9.89. The van der Waals surface area contributed by atoms with Gasteiger partial charge in [-0.1, -0.05) is 34.6 Å². The van der Waals surface area contributed by atoms with Crippen molar-refractivity contribution in [1.82, 2.24) is 0 Å². The highest BCUT2D eigenvalue weighted by molar-refractivity contribution is 6.92. The highest BCUT2D eigenvalue weighted by Crippen LogP contribution is 2.39. The van der Waals surface area contributed by atoms with Crippen molar-refractivity contribution in [3.05, 3.63) is 24.6 Å². The minimum absolute atomic E-state index is 0.0752. The van der Waals surface area contributed by atoms with Crippen LogP contribution in [0.4, 0.5) is 0 Å². The summed E-state index contributed by atoms with van der Waals surface area (Å²) in [6.07, 6.45) is 4.66. The van der Waals surface area contributed by atoms with Crippen molar-refractivity contribution in [2.24, 2.45) is 0 Å². The van der Waals surface area contributed by atoms with Crippen molar-refractivity contribution in [2.45, 2.75) is 71.9 Å². The van der Waals surface area contributed by atoms with Gasteiger partial charge in [-0.2, -0.15) is 0 Å². The van der Waals surface area contributed by atoms with Gasteiger partial charge in [0.2, 0.25) is 0 Å². The standard InChI is InChI=1S/C19H40O4Si2/c1-8-15-20-24(13-6,21-16-9-2)19(12-5)25(14-7,22-17-10-3)23-18-11-4/h13-14,19H,6-12,15-18H2,1-5H3. The molecule has 0 aliphatic heterocycles. The lowest BCUT2D eigenvalue weighted by molar-refractivity contribution is 0.145. The van der Waals surface area contributed by atoms with Crippen LogP contribution in [0.1, 0.15) is 66.7 Å². The maximum atomic E-state index is 6.38. The summed E-state index contributed by atoms with van der Waals surface area (Å²) in [5, 5.41) is 0.0752. The SMILES string of the molecule is C=C[Si](OCCC)(OCCC)C(CC)[Si](C=C)(OCCC)OCCC. The minimum atomic E-state index is -2.69. The zero-order valence-electron chi connectivity index (χ0n) is 17.1. The summed E-state index contributed by atoms with van der Waals surface area (Å²) < 4.78 is 25.5. The van der Waals surface area contributed by atoms with Crippen LogP contribution in [0.25, 0.3) is 0 Å². The van der Waals surface area contributed by atoms with Gasteiger partial charge in [0.15, 0.2) is 0 Å². The Morgan fingerprint density at radius 1 is 0.640 bits per heavy atom. The molecule has 0 atom stereocenters. The molecule has 0 rings (SSSR count). The Morgan fingerprint density at radius 2 is 0.920 bits per heavy atom. The van der Waals surface area contributed by atoms with E-state index in [4.69, 9.17) is 17.7 Å². The van der Waals surface area contributed by atoms with Crippen molar-refractivity contribution in [3.63, 3.8) is 0 Å². The zero-order chi connectivity index (χ0) is 19.2. The molecule has 0 aliphatic rings. The Kier molecular flexibility index (Phi) is 13.8. The van der Waals surface area contributed by atoms with Crippen molar-refractivity contribution in [2.75, 3.05) is 26.4 Å². The average Bonchev–Trinajstić information content (AvgIpc) is 2.65. The molecule has 0 amide bonds. The Bertz CT molecular complexity index is 315.